The van der Waals surface area contributed by atoms with Crippen LogP contribution in [0.15, 0.2) is 0 Å². The zero-order chi connectivity index (χ0) is 12.5. The van der Waals surface area contributed by atoms with Gasteiger partial charge in [-0.25, -0.2) is 4.79 Å². The van der Waals surface area contributed by atoms with Crippen molar-refractivity contribution in [2.75, 3.05) is 6.54 Å². The third kappa shape index (κ3) is 2.31. The molecule has 0 aromatic rings. The molecule has 1 saturated heterocycles. The van der Waals surface area contributed by atoms with E-state index < -0.39 is 12.0 Å². The number of aliphatic carboxylic acids is 1. The van der Waals surface area contributed by atoms with Crippen LogP contribution in [0.5, 0.6) is 0 Å². The Morgan fingerprint density at radius 3 is 2.41 bits per heavy atom. The van der Waals surface area contributed by atoms with E-state index in [1.165, 1.54) is 0 Å². The van der Waals surface area contributed by atoms with Crippen LogP contribution in [0.3, 0.4) is 0 Å². The minimum absolute atomic E-state index is 0.0714. The smallest absolute Gasteiger partial charge is 0.326 e. The molecular weight excluding hydrogens is 218 g/mol. The lowest BCUT2D eigenvalue weighted by Crippen LogP contribution is -2.52. The summed E-state index contributed by atoms with van der Waals surface area (Å²) in [4.78, 5) is 25.3. The van der Waals surface area contributed by atoms with E-state index in [4.69, 9.17) is 0 Å². The van der Waals surface area contributed by atoms with Gasteiger partial charge in [0.2, 0.25) is 5.91 Å². The second-order valence-corrected chi connectivity index (χ2v) is 5.62. The summed E-state index contributed by atoms with van der Waals surface area (Å²) in [6.45, 7) is 2.61. The van der Waals surface area contributed by atoms with Gasteiger partial charge in [0.05, 0.1) is 0 Å². The molecule has 1 N–H and O–H groups in total. The molecule has 4 nitrogen and oxygen atoms in total. The standard InChI is InChI=1S/C13H21NO3/c1-13(7-3-4-8-13)12(17)14-9-5-2-6-10(14)11(15)16/h10H,2-9H2,1H3,(H,15,16). The zero-order valence-corrected chi connectivity index (χ0v) is 10.4. The molecule has 1 aliphatic heterocycles. The highest BCUT2D eigenvalue weighted by Crippen LogP contribution is 2.40. The fourth-order valence-electron chi connectivity index (χ4n) is 3.15. The molecule has 1 atom stereocenters. The van der Waals surface area contributed by atoms with Crippen molar-refractivity contribution < 1.29 is 14.7 Å². The molecule has 4 heteroatoms. The molecule has 0 spiro atoms. The van der Waals surface area contributed by atoms with Crippen LogP contribution >= 0.6 is 0 Å². The Kier molecular flexibility index (Phi) is 3.40. The van der Waals surface area contributed by atoms with Crippen molar-refractivity contribution in [2.24, 2.45) is 5.41 Å². The molecule has 0 radical (unpaired) electrons. The Labute approximate surface area is 102 Å². The molecule has 0 aromatic heterocycles. The number of amides is 1. The number of rotatable bonds is 2. The first kappa shape index (κ1) is 12.4. The number of hydrogen-bond acceptors (Lipinski definition) is 2. The van der Waals surface area contributed by atoms with Crippen LogP contribution < -0.4 is 0 Å². The Bertz CT molecular complexity index is 321. The van der Waals surface area contributed by atoms with Crippen LogP contribution in [0.1, 0.15) is 51.9 Å². The highest BCUT2D eigenvalue weighted by atomic mass is 16.4. The van der Waals surface area contributed by atoms with E-state index in [9.17, 15) is 14.7 Å². The highest BCUT2D eigenvalue weighted by Gasteiger charge is 2.43. The summed E-state index contributed by atoms with van der Waals surface area (Å²) in [6, 6.07) is -0.589. The third-order valence-electron chi connectivity index (χ3n) is 4.27. The first-order valence-corrected chi connectivity index (χ1v) is 6.58. The normalized spacial score (nSPS) is 28.1. The lowest BCUT2D eigenvalue weighted by molar-refractivity contribution is -0.156. The number of carboxylic acid groups (broad SMARTS) is 1. The van der Waals surface area contributed by atoms with E-state index in [2.05, 4.69) is 0 Å². The molecule has 1 saturated carbocycles. The molecule has 0 bridgehead atoms. The van der Waals surface area contributed by atoms with Crippen molar-refractivity contribution in [1.82, 2.24) is 4.90 Å². The van der Waals surface area contributed by atoms with Crippen molar-refractivity contribution in [3.05, 3.63) is 0 Å². The van der Waals surface area contributed by atoms with Gasteiger partial charge in [-0.3, -0.25) is 4.79 Å². The van der Waals surface area contributed by atoms with Crippen molar-refractivity contribution in [1.29, 1.82) is 0 Å². The first-order valence-electron chi connectivity index (χ1n) is 6.58. The summed E-state index contributed by atoms with van der Waals surface area (Å²) in [6.07, 6.45) is 6.46. The van der Waals surface area contributed by atoms with E-state index >= 15 is 0 Å². The van der Waals surface area contributed by atoms with Gasteiger partial charge < -0.3 is 10.0 Å². The number of hydrogen-bond donors (Lipinski definition) is 1. The zero-order valence-electron chi connectivity index (χ0n) is 10.4. The predicted octanol–water partition coefficient (Wildman–Crippen LogP) is 2.03. The van der Waals surface area contributed by atoms with Gasteiger partial charge in [-0.1, -0.05) is 19.8 Å². The van der Waals surface area contributed by atoms with E-state index in [1.54, 1.807) is 4.90 Å². The lowest BCUT2D eigenvalue weighted by Gasteiger charge is -2.38. The van der Waals surface area contributed by atoms with Crippen molar-refractivity contribution in [2.45, 2.75) is 57.9 Å². The van der Waals surface area contributed by atoms with Crippen LogP contribution in [-0.2, 0) is 9.59 Å². The molecule has 2 fully saturated rings. The van der Waals surface area contributed by atoms with Gasteiger partial charge in [-0.15, -0.1) is 0 Å². The second-order valence-electron chi connectivity index (χ2n) is 5.62. The molecule has 0 aromatic carbocycles. The number of carboxylic acids is 1. The maximum Gasteiger partial charge on any atom is 0.326 e. The van der Waals surface area contributed by atoms with Gasteiger partial charge in [-0.2, -0.15) is 0 Å². The largest absolute Gasteiger partial charge is 0.480 e. The number of piperidine rings is 1. The van der Waals surface area contributed by atoms with Gasteiger partial charge in [0, 0.05) is 12.0 Å². The summed E-state index contributed by atoms with van der Waals surface area (Å²) >= 11 is 0. The van der Waals surface area contributed by atoms with Crippen LogP contribution in [0.2, 0.25) is 0 Å². The minimum atomic E-state index is -0.848. The number of carbonyl (C=O) groups is 2. The first-order chi connectivity index (χ1) is 8.04. The predicted molar refractivity (Wildman–Crippen MR) is 63.6 cm³/mol. The molecule has 1 unspecified atom stereocenters. The van der Waals surface area contributed by atoms with E-state index in [1.807, 2.05) is 6.92 Å². The van der Waals surface area contributed by atoms with Crippen LogP contribution in [0, 0.1) is 5.41 Å². The molecule has 1 aliphatic carbocycles. The van der Waals surface area contributed by atoms with Crippen LogP contribution in [-0.4, -0.2) is 34.5 Å². The van der Waals surface area contributed by atoms with Gasteiger partial charge >= 0.3 is 5.97 Å². The summed E-state index contributed by atoms with van der Waals surface area (Å²) in [5, 5.41) is 9.19. The summed E-state index contributed by atoms with van der Waals surface area (Å²) in [7, 11) is 0. The van der Waals surface area contributed by atoms with Gasteiger partial charge in [0.25, 0.3) is 0 Å². The van der Waals surface area contributed by atoms with Crippen LogP contribution in [0.4, 0.5) is 0 Å². The van der Waals surface area contributed by atoms with Gasteiger partial charge in [-0.05, 0) is 32.1 Å². The summed E-state index contributed by atoms with van der Waals surface area (Å²) < 4.78 is 0. The Hall–Kier alpha value is -1.06. The fourth-order valence-corrected chi connectivity index (χ4v) is 3.15. The SMILES string of the molecule is CC1(C(=O)N2CCCCC2C(=O)O)CCCC1. The maximum absolute atomic E-state index is 12.5. The monoisotopic (exact) mass is 239 g/mol. The summed E-state index contributed by atoms with van der Waals surface area (Å²) in [5.41, 5.74) is -0.301. The summed E-state index contributed by atoms with van der Waals surface area (Å²) in [5.74, 6) is -0.776. The quantitative estimate of drug-likeness (QED) is 0.802. The Morgan fingerprint density at radius 2 is 1.82 bits per heavy atom. The fraction of sp³-hybridized carbons (Fsp3) is 0.846. The lowest BCUT2D eigenvalue weighted by atomic mass is 9.85. The highest BCUT2D eigenvalue weighted by molar-refractivity contribution is 5.87. The topological polar surface area (TPSA) is 57.6 Å². The molecule has 2 aliphatic rings. The molecule has 96 valence electrons. The number of nitrogens with zero attached hydrogens (tertiary/aromatic N) is 1. The Morgan fingerprint density at radius 1 is 1.18 bits per heavy atom. The van der Waals surface area contributed by atoms with Gasteiger partial charge in [0.15, 0.2) is 0 Å². The Balaban J connectivity index is 2.13. The average molecular weight is 239 g/mol. The van der Waals surface area contributed by atoms with Gasteiger partial charge in [0.1, 0.15) is 6.04 Å². The van der Waals surface area contributed by atoms with E-state index in [-0.39, 0.29) is 11.3 Å². The van der Waals surface area contributed by atoms with E-state index in [0.29, 0.717) is 13.0 Å². The molecule has 1 heterocycles. The molecular formula is C13H21NO3. The van der Waals surface area contributed by atoms with Crippen LogP contribution in [0.25, 0.3) is 0 Å². The van der Waals surface area contributed by atoms with Crippen molar-refractivity contribution in [3.8, 4) is 0 Å². The minimum Gasteiger partial charge on any atom is -0.480 e. The second kappa shape index (κ2) is 4.67. The van der Waals surface area contributed by atoms with Crippen molar-refractivity contribution in [3.63, 3.8) is 0 Å². The maximum atomic E-state index is 12.5. The molecule has 17 heavy (non-hydrogen) atoms. The van der Waals surface area contributed by atoms with Crippen molar-refractivity contribution >= 4 is 11.9 Å². The number of carbonyl (C=O) groups excluding carboxylic acids is 1. The van der Waals surface area contributed by atoms with E-state index in [0.717, 1.165) is 38.5 Å². The molecule has 2 rings (SSSR count). The number of likely N-dealkylation sites (tertiary alicyclic amines) is 1. The third-order valence-corrected chi connectivity index (χ3v) is 4.27. The molecule has 1 amide bonds. The average Bonchev–Trinajstić information content (AvgIpc) is 2.76.